The first-order valence-electron chi connectivity index (χ1n) is 8.49. The summed E-state index contributed by atoms with van der Waals surface area (Å²) in [6.45, 7) is 5.97. The van der Waals surface area contributed by atoms with Crippen LogP contribution in [0.1, 0.15) is 34.8 Å². The summed E-state index contributed by atoms with van der Waals surface area (Å²) in [6.07, 6.45) is 1.17. The molecule has 2 N–H and O–H groups in total. The van der Waals surface area contributed by atoms with E-state index in [4.69, 9.17) is 4.74 Å². The molecule has 4 nitrogen and oxygen atoms in total. The van der Waals surface area contributed by atoms with Gasteiger partial charge in [-0.2, -0.15) is 0 Å². The number of Topliss-reactive ketones (excluding diaryl/α,β-unsaturated/α-hetero) is 1. The second-order valence-corrected chi connectivity index (χ2v) is 6.25. The molecule has 0 fully saturated rings. The largest absolute Gasteiger partial charge is 0.486 e. The van der Waals surface area contributed by atoms with Crippen LogP contribution in [0.5, 0.6) is 5.75 Å². The number of carbonyl (C=O) groups excluding carboxylic acids is 1. The van der Waals surface area contributed by atoms with Crippen LogP contribution in [-0.4, -0.2) is 25.0 Å². The SMILES string of the molecule is CCC1CNc2cc(C(=O)CNCc3ccc(C)cc3)ccc2O1. The Morgan fingerprint density at radius 1 is 1.25 bits per heavy atom. The van der Waals surface area contributed by atoms with Gasteiger partial charge in [0.15, 0.2) is 5.78 Å². The first-order chi connectivity index (χ1) is 11.7. The van der Waals surface area contributed by atoms with Gasteiger partial charge in [0.05, 0.1) is 18.8 Å². The van der Waals surface area contributed by atoms with E-state index in [1.54, 1.807) is 0 Å². The van der Waals surface area contributed by atoms with Crippen LogP contribution in [0.2, 0.25) is 0 Å². The van der Waals surface area contributed by atoms with Gasteiger partial charge in [0, 0.05) is 12.1 Å². The molecular weight excluding hydrogens is 300 g/mol. The lowest BCUT2D eigenvalue weighted by molar-refractivity contribution is 0.0990. The molecule has 1 aliphatic heterocycles. The van der Waals surface area contributed by atoms with Gasteiger partial charge in [-0.05, 0) is 37.1 Å². The van der Waals surface area contributed by atoms with Crippen LogP contribution in [0.4, 0.5) is 5.69 Å². The maximum absolute atomic E-state index is 12.4. The maximum atomic E-state index is 12.4. The van der Waals surface area contributed by atoms with Gasteiger partial charge in [-0.1, -0.05) is 36.8 Å². The summed E-state index contributed by atoms with van der Waals surface area (Å²) in [5.74, 6) is 0.918. The van der Waals surface area contributed by atoms with E-state index in [2.05, 4.69) is 48.7 Å². The number of aryl methyl sites for hydroxylation is 1. The fourth-order valence-corrected chi connectivity index (χ4v) is 2.75. The lowest BCUT2D eigenvalue weighted by Gasteiger charge is -2.26. The number of fused-ring (bicyclic) bond motifs is 1. The van der Waals surface area contributed by atoms with Crippen LogP contribution in [0, 0.1) is 6.92 Å². The molecule has 1 heterocycles. The Hall–Kier alpha value is -2.33. The Kier molecular flexibility index (Phi) is 5.16. The molecule has 0 saturated carbocycles. The van der Waals surface area contributed by atoms with E-state index in [0.717, 1.165) is 24.4 Å². The molecule has 2 aromatic carbocycles. The van der Waals surface area contributed by atoms with Crippen molar-refractivity contribution in [2.45, 2.75) is 32.9 Å². The van der Waals surface area contributed by atoms with Crippen LogP contribution >= 0.6 is 0 Å². The highest BCUT2D eigenvalue weighted by molar-refractivity contribution is 5.98. The van der Waals surface area contributed by atoms with Crippen LogP contribution in [0.25, 0.3) is 0 Å². The van der Waals surface area contributed by atoms with Crippen molar-refractivity contribution in [3.63, 3.8) is 0 Å². The molecule has 0 bridgehead atoms. The van der Waals surface area contributed by atoms with Crippen LogP contribution in [0.15, 0.2) is 42.5 Å². The van der Waals surface area contributed by atoms with Crippen molar-refractivity contribution in [2.75, 3.05) is 18.4 Å². The summed E-state index contributed by atoms with van der Waals surface area (Å²) in [4.78, 5) is 12.4. The number of carbonyl (C=O) groups is 1. The quantitative estimate of drug-likeness (QED) is 0.798. The molecule has 0 radical (unpaired) electrons. The monoisotopic (exact) mass is 324 g/mol. The van der Waals surface area contributed by atoms with Crippen molar-refractivity contribution in [3.05, 3.63) is 59.2 Å². The zero-order valence-electron chi connectivity index (χ0n) is 14.3. The second kappa shape index (κ2) is 7.49. The molecule has 1 aliphatic rings. The third kappa shape index (κ3) is 3.95. The van der Waals surface area contributed by atoms with E-state index in [-0.39, 0.29) is 11.9 Å². The highest BCUT2D eigenvalue weighted by Crippen LogP contribution is 2.30. The van der Waals surface area contributed by atoms with Crippen molar-refractivity contribution in [2.24, 2.45) is 0 Å². The molecule has 2 aromatic rings. The van der Waals surface area contributed by atoms with Crippen molar-refractivity contribution in [3.8, 4) is 5.75 Å². The highest BCUT2D eigenvalue weighted by atomic mass is 16.5. The average Bonchev–Trinajstić information content (AvgIpc) is 2.62. The molecule has 1 atom stereocenters. The number of ketones is 1. The van der Waals surface area contributed by atoms with E-state index in [0.29, 0.717) is 18.7 Å². The van der Waals surface area contributed by atoms with Crippen molar-refractivity contribution in [1.82, 2.24) is 5.32 Å². The standard InChI is InChI=1S/C20H24N2O2/c1-3-17-12-22-18-10-16(8-9-20(18)24-17)19(23)13-21-11-15-6-4-14(2)5-7-15/h4-10,17,21-22H,3,11-13H2,1-2H3. The summed E-state index contributed by atoms with van der Waals surface area (Å²) in [5, 5.41) is 6.56. The number of hydrogen-bond donors (Lipinski definition) is 2. The molecular formula is C20H24N2O2. The number of ether oxygens (including phenoxy) is 1. The average molecular weight is 324 g/mol. The summed E-state index contributed by atoms with van der Waals surface area (Å²) in [6, 6.07) is 13.9. The predicted octanol–water partition coefficient (Wildman–Crippen LogP) is 3.55. The van der Waals surface area contributed by atoms with E-state index in [9.17, 15) is 4.79 Å². The van der Waals surface area contributed by atoms with Gasteiger partial charge in [0.25, 0.3) is 0 Å². The molecule has 0 aliphatic carbocycles. The van der Waals surface area contributed by atoms with Crippen molar-refractivity contribution in [1.29, 1.82) is 0 Å². The van der Waals surface area contributed by atoms with Gasteiger partial charge in [-0.3, -0.25) is 4.79 Å². The van der Waals surface area contributed by atoms with Crippen molar-refractivity contribution < 1.29 is 9.53 Å². The second-order valence-electron chi connectivity index (χ2n) is 6.25. The molecule has 0 amide bonds. The molecule has 126 valence electrons. The fourth-order valence-electron chi connectivity index (χ4n) is 2.75. The van der Waals surface area contributed by atoms with Crippen molar-refractivity contribution >= 4 is 11.5 Å². The van der Waals surface area contributed by atoms with Gasteiger partial charge in [0.1, 0.15) is 11.9 Å². The molecule has 0 aromatic heterocycles. The normalized spacial score (nSPS) is 16.0. The number of nitrogens with one attached hydrogen (secondary N) is 2. The molecule has 0 saturated heterocycles. The Morgan fingerprint density at radius 3 is 2.79 bits per heavy atom. The first-order valence-corrected chi connectivity index (χ1v) is 8.49. The Morgan fingerprint density at radius 2 is 2.04 bits per heavy atom. The molecule has 1 unspecified atom stereocenters. The Balaban J connectivity index is 1.56. The van der Waals surface area contributed by atoms with Crippen LogP contribution < -0.4 is 15.4 Å². The van der Waals surface area contributed by atoms with E-state index >= 15 is 0 Å². The fraction of sp³-hybridized carbons (Fsp3) is 0.350. The lowest BCUT2D eigenvalue weighted by Crippen LogP contribution is -2.30. The Bertz CT molecular complexity index is 710. The van der Waals surface area contributed by atoms with Gasteiger partial charge in [-0.15, -0.1) is 0 Å². The molecule has 4 heteroatoms. The number of rotatable bonds is 6. The number of hydrogen-bond acceptors (Lipinski definition) is 4. The van der Waals surface area contributed by atoms with E-state index in [1.807, 2.05) is 18.2 Å². The van der Waals surface area contributed by atoms with Gasteiger partial charge in [0.2, 0.25) is 0 Å². The van der Waals surface area contributed by atoms with Gasteiger partial charge in [-0.25, -0.2) is 0 Å². The zero-order valence-corrected chi connectivity index (χ0v) is 14.3. The minimum Gasteiger partial charge on any atom is -0.486 e. The first kappa shape index (κ1) is 16.5. The smallest absolute Gasteiger partial charge is 0.176 e. The maximum Gasteiger partial charge on any atom is 0.176 e. The van der Waals surface area contributed by atoms with E-state index < -0.39 is 0 Å². The number of anilines is 1. The van der Waals surface area contributed by atoms with Crippen LogP contribution in [0.3, 0.4) is 0 Å². The van der Waals surface area contributed by atoms with E-state index in [1.165, 1.54) is 11.1 Å². The molecule has 0 spiro atoms. The summed E-state index contributed by atoms with van der Waals surface area (Å²) >= 11 is 0. The topological polar surface area (TPSA) is 50.4 Å². The van der Waals surface area contributed by atoms with Crippen LogP contribution in [-0.2, 0) is 6.54 Å². The third-order valence-electron chi connectivity index (χ3n) is 4.31. The third-order valence-corrected chi connectivity index (χ3v) is 4.31. The minimum absolute atomic E-state index is 0.0873. The molecule has 24 heavy (non-hydrogen) atoms. The number of benzene rings is 2. The predicted molar refractivity (Wildman–Crippen MR) is 96.9 cm³/mol. The van der Waals surface area contributed by atoms with Gasteiger partial charge < -0.3 is 15.4 Å². The summed E-state index contributed by atoms with van der Waals surface area (Å²) in [5.41, 5.74) is 4.03. The summed E-state index contributed by atoms with van der Waals surface area (Å²) in [7, 11) is 0. The molecule has 3 rings (SSSR count). The highest BCUT2D eigenvalue weighted by Gasteiger charge is 2.19. The summed E-state index contributed by atoms with van der Waals surface area (Å²) < 4.78 is 5.87. The zero-order chi connectivity index (χ0) is 16.9. The van der Waals surface area contributed by atoms with Gasteiger partial charge >= 0.3 is 0 Å². The lowest BCUT2D eigenvalue weighted by atomic mass is 10.1. The minimum atomic E-state index is 0.0873. The Labute approximate surface area is 143 Å².